The fourth-order valence-electron chi connectivity index (χ4n) is 3.37. The number of nitrogens with one attached hydrogen (secondary N) is 2. The number of ether oxygens (including phenoxy) is 2. The summed E-state index contributed by atoms with van der Waals surface area (Å²) in [5.74, 6) is -0.552. The molecule has 1 aliphatic rings. The van der Waals surface area contributed by atoms with E-state index in [1.54, 1.807) is 30.4 Å². The maximum absolute atomic E-state index is 13.6. The van der Waals surface area contributed by atoms with Gasteiger partial charge in [0.1, 0.15) is 24.1 Å². The normalized spacial score (nSPS) is 21.8. The molecule has 0 aliphatic carbocycles. The Morgan fingerprint density at radius 2 is 2.00 bits per heavy atom. The van der Waals surface area contributed by atoms with Crippen molar-refractivity contribution in [1.29, 1.82) is 0 Å². The molecule has 1 aromatic carbocycles. The number of H-pyrrole nitrogens is 1. The highest BCUT2D eigenvalue weighted by Gasteiger charge is 2.43. The first kappa shape index (κ1) is 28.3. The number of allylic oxidation sites excluding steroid dienone is 3. The lowest BCUT2D eigenvalue weighted by atomic mass is 10.2. The quantitative estimate of drug-likeness (QED) is 0.234. The Bertz CT molecular complexity index is 1310. The summed E-state index contributed by atoms with van der Waals surface area (Å²) in [6.07, 6.45) is 2.29. The van der Waals surface area contributed by atoms with Gasteiger partial charge in [-0.15, -0.1) is 0 Å². The largest absolute Gasteiger partial charge is 0.468 e. The Kier molecular flexibility index (Phi) is 9.41. The van der Waals surface area contributed by atoms with Crippen molar-refractivity contribution in [2.45, 2.75) is 51.9 Å². The molecule has 0 saturated carbocycles. The number of benzene rings is 1. The zero-order valence-corrected chi connectivity index (χ0v) is 21.7. The zero-order chi connectivity index (χ0) is 27.2. The minimum absolute atomic E-state index is 0.119. The second-order valence-corrected chi connectivity index (χ2v) is 10.1. The van der Waals surface area contributed by atoms with Crippen molar-refractivity contribution < 1.29 is 33.0 Å². The lowest BCUT2D eigenvalue weighted by Crippen LogP contribution is -2.37. The summed E-state index contributed by atoms with van der Waals surface area (Å²) in [6, 6.07) is 6.98. The molecule has 0 spiro atoms. The Morgan fingerprint density at radius 1 is 1.30 bits per heavy atom. The van der Waals surface area contributed by atoms with Gasteiger partial charge < -0.3 is 19.1 Å². The number of rotatable bonds is 10. The van der Waals surface area contributed by atoms with Crippen molar-refractivity contribution in [3.63, 3.8) is 0 Å². The van der Waals surface area contributed by atoms with Gasteiger partial charge in [0.2, 0.25) is 0 Å². The predicted molar refractivity (Wildman–Crippen MR) is 135 cm³/mol. The van der Waals surface area contributed by atoms with Gasteiger partial charge in [-0.25, -0.2) is 9.36 Å². The molecule has 0 bridgehead atoms. The van der Waals surface area contributed by atoms with E-state index in [4.69, 9.17) is 13.8 Å². The number of nitrogens with zero attached hydrogens (tertiary/aromatic N) is 1. The topological polar surface area (TPSA) is 158 Å². The first-order valence-corrected chi connectivity index (χ1v) is 12.9. The third kappa shape index (κ3) is 7.61. The first-order valence-electron chi connectivity index (χ1n) is 11.4. The molecule has 1 fully saturated rings. The molecule has 12 nitrogen and oxygen atoms in total. The van der Waals surface area contributed by atoms with Crippen molar-refractivity contribution in [2.75, 3.05) is 7.11 Å². The van der Waals surface area contributed by atoms with Gasteiger partial charge in [-0.3, -0.25) is 23.7 Å². The maximum atomic E-state index is 13.6. The number of aliphatic hydroxyl groups excluding tert-OH is 1. The van der Waals surface area contributed by atoms with E-state index in [9.17, 15) is 24.1 Å². The average molecular weight is 535 g/mol. The van der Waals surface area contributed by atoms with Gasteiger partial charge >= 0.3 is 19.4 Å². The SMILES string of the molecule is COC(=O)[C@H](C)NP(=O)(Oc1ccccc1)OC1OC(n2cc(/C=C/C=C(C)C)c(=O)[nH]c2=O)CC1O. The number of hydrogen-bond acceptors (Lipinski definition) is 9. The summed E-state index contributed by atoms with van der Waals surface area (Å²) in [6.45, 7) is 5.18. The highest BCUT2D eigenvalue weighted by atomic mass is 31.2. The average Bonchev–Trinajstić information content (AvgIpc) is 3.19. The van der Waals surface area contributed by atoms with E-state index in [1.807, 2.05) is 13.8 Å². The van der Waals surface area contributed by atoms with Crippen molar-refractivity contribution in [1.82, 2.24) is 14.6 Å². The number of hydrogen-bond donors (Lipinski definition) is 3. The van der Waals surface area contributed by atoms with E-state index in [0.717, 1.165) is 10.1 Å². The molecular weight excluding hydrogens is 505 g/mol. The minimum Gasteiger partial charge on any atom is -0.468 e. The van der Waals surface area contributed by atoms with Crippen LogP contribution < -0.4 is 20.9 Å². The molecule has 1 aliphatic heterocycles. The molecule has 2 heterocycles. The van der Waals surface area contributed by atoms with Gasteiger partial charge in [-0.05, 0) is 39.0 Å². The van der Waals surface area contributed by atoms with E-state index >= 15 is 0 Å². The molecule has 0 amide bonds. The monoisotopic (exact) mass is 535 g/mol. The summed E-state index contributed by atoms with van der Waals surface area (Å²) < 4.78 is 36.2. The summed E-state index contributed by atoms with van der Waals surface area (Å²) in [5.41, 5.74) is -0.150. The smallest absolute Gasteiger partial charge is 0.461 e. The number of esters is 1. The van der Waals surface area contributed by atoms with Crippen LogP contribution in [0.5, 0.6) is 5.75 Å². The van der Waals surface area contributed by atoms with E-state index in [0.29, 0.717) is 0 Å². The molecule has 0 radical (unpaired) electrons. The first-order chi connectivity index (χ1) is 17.5. The third-order valence-corrected chi connectivity index (χ3v) is 6.82. The van der Waals surface area contributed by atoms with E-state index < -0.39 is 49.6 Å². The highest BCUT2D eigenvalue weighted by molar-refractivity contribution is 7.52. The van der Waals surface area contributed by atoms with Crippen LogP contribution >= 0.6 is 7.75 Å². The number of methoxy groups -OCH3 is 1. The zero-order valence-electron chi connectivity index (χ0n) is 20.8. The van der Waals surface area contributed by atoms with E-state index in [2.05, 4.69) is 14.8 Å². The van der Waals surface area contributed by atoms with Crippen LogP contribution in [0.3, 0.4) is 0 Å². The van der Waals surface area contributed by atoms with Crippen LogP contribution in [-0.2, 0) is 23.4 Å². The maximum Gasteiger partial charge on any atom is 0.461 e. The van der Waals surface area contributed by atoms with Gasteiger partial charge in [0.15, 0.2) is 6.29 Å². The Morgan fingerprint density at radius 3 is 2.65 bits per heavy atom. The van der Waals surface area contributed by atoms with Crippen molar-refractivity contribution >= 4 is 19.8 Å². The Balaban J connectivity index is 1.85. The number of para-hydroxylation sites is 1. The van der Waals surface area contributed by atoms with E-state index in [-0.39, 0.29) is 17.7 Å². The van der Waals surface area contributed by atoms with Crippen LogP contribution in [-0.4, -0.2) is 46.2 Å². The van der Waals surface area contributed by atoms with Crippen LogP contribution in [0.2, 0.25) is 0 Å². The molecule has 3 rings (SSSR count). The lowest BCUT2D eigenvalue weighted by Gasteiger charge is -2.26. The van der Waals surface area contributed by atoms with Crippen LogP contribution in [0.1, 0.15) is 39.0 Å². The molecule has 5 atom stereocenters. The number of carbonyl (C=O) groups excluding carboxylic acids is 1. The lowest BCUT2D eigenvalue weighted by molar-refractivity contribution is -0.143. The predicted octanol–water partition coefficient (Wildman–Crippen LogP) is 2.48. The van der Waals surface area contributed by atoms with Crippen LogP contribution in [0.4, 0.5) is 0 Å². The Hall–Kier alpha value is -3.28. The fraction of sp³-hybridized carbons (Fsp3) is 0.375. The van der Waals surface area contributed by atoms with Crippen molar-refractivity contribution in [3.8, 4) is 5.75 Å². The van der Waals surface area contributed by atoms with Crippen LogP contribution in [0, 0.1) is 0 Å². The standard InChI is InChI=1S/C24H30N3O9P/c1-15(2)9-8-10-17-14-27(24(31)25-21(17)29)20-13-19(28)23(34-20)36-37(32,26-16(3)22(30)33-4)35-18-11-6-5-7-12-18/h5-12,14,16,19-20,23,28H,13H2,1-4H3,(H,26,32)(H,25,29,31)/b10-8+/t16-,19?,20?,23?,37?/m0/s1. The molecule has 2 aromatic rings. The molecule has 200 valence electrons. The second-order valence-electron chi connectivity index (χ2n) is 8.50. The molecule has 4 unspecified atom stereocenters. The summed E-state index contributed by atoms with van der Waals surface area (Å²) in [7, 11) is -3.15. The van der Waals surface area contributed by atoms with Gasteiger partial charge in [-0.1, -0.05) is 35.9 Å². The number of aliphatic hydroxyl groups is 1. The van der Waals surface area contributed by atoms with E-state index in [1.165, 1.54) is 38.4 Å². The summed E-state index contributed by atoms with van der Waals surface area (Å²) >= 11 is 0. The second kappa shape index (κ2) is 12.3. The summed E-state index contributed by atoms with van der Waals surface area (Å²) in [5, 5.41) is 13.1. The van der Waals surface area contributed by atoms with Crippen LogP contribution in [0.15, 0.2) is 63.8 Å². The molecule has 1 saturated heterocycles. The highest BCUT2D eigenvalue weighted by Crippen LogP contribution is 2.48. The molecule has 1 aromatic heterocycles. The number of carbonyl (C=O) groups is 1. The molecule has 3 N–H and O–H groups in total. The van der Waals surface area contributed by atoms with Crippen LogP contribution in [0.25, 0.3) is 6.08 Å². The van der Waals surface area contributed by atoms with Crippen molar-refractivity contribution in [2.24, 2.45) is 0 Å². The molecule has 13 heteroatoms. The minimum atomic E-state index is -4.32. The number of aromatic nitrogens is 2. The van der Waals surface area contributed by atoms with Crippen molar-refractivity contribution in [3.05, 3.63) is 80.7 Å². The molecular formula is C24H30N3O9P. The molecule has 37 heavy (non-hydrogen) atoms. The van der Waals surface area contributed by atoms with Gasteiger partial charge in [0, 0.05) is 12.6 Å². The van der Waals surface area contributed by atoms with Gasteiger partial charge in [0.25, 0.3) is 5.56 Å². The van der Waals surface area contributed by atoms with Gasteiger partial charge in [0.05, 0.1) is 12.7 Å². The summed E-state index contributed by atoms with van der Waals surface area (Å²) in [4.78, 5) is 38.8. The van der Waals surface area contributed by atoms with Gasteiger partial charge in [-0.2, -0.15) is 5.09 Å². The third-order valence-electron chi connectivity index (χ3n) is 5.18. The Labute approximate surface area is 213 Å². The number of aromatic amines is 1. The fourth-order valence-corrected chi connectivity index (χ4v) is 4.97.